The molecule has 0 atom stereocenters. The van der Waals surface area contributed by atoms with Crippen molar-refractivity contribution in [3.05, 3.63) is 94.3 Å². The maximum absolute atomic E-state index is 13.1. The lowest BCUT2D eigenvalue weighted by Crippen LogP contribution is -2.32. The van der Waals surface area contributed by atoms with Crippen LogP contribution in [-0.4, -0.2) is 22.4 Å². The molecule has 0 saturated carbocycles. The molecule has 5 nitrogen and oxygen atoms in total. The fourth-order valence-electron chi connectivity index (χ4n) is 3.85. The maximum atomic E-state index is 13.1. The molecule has 30 heavy (non-hydrogen) atoms. The zero-order chi connectivity index (χ0) is 20.7. The van der Waals surface area contributed by atoms with E-state index in [0.717, 1.165) is 29.0 Å². The highest BCUT2D eigenvalue weighted by molar-refractivity contribution is 6.15. The second-order valence-corrected chi connectivity index (χ2v) is 7.47. The number of ketones is 1. The number of carbonyl (C=O) groups excluding carboxylic acids is 1. The van der Waals surface area contributed by atoms with Crippen LogP contribution in [0.1, 0.15) is 32.6 Å². The van der Waals surface area contributed by atoms with E-state index < -0.39 is 0 Å². The van der Waals surface area contributed by atoms with E-state index in [0.29, 0.717) is 30.2 Å². The summed E-state index contributed by atoms with van der Waals surface area (Å²) in [6, 6.07) is 11.8. The molecule has 0 amide bonds. The van der Waals surface area contributed by atoms with Crippen molar-refractivity contribution in [2.45, 2.75) is 20.0 Å². The molecule has 0 spiro atoms. The molecule has 0 N–H and O–H groups in total. The molecule has 1 aromatic heterocycles. The third-order valence-electron chi connectivity index (χ3n) is 5.33. The van der Waals surface area contributed by atoms with Gasteiger partial charge in [-0.2, -0.15) is 0 Å². The van der Waals surface area contributed by atoms with E-state index in [1.54, 1.807) is 30.6 Å². The van der Waals surface area contributed by atoms with Crippen LogP contribution in [0.25, 0.3) is 6.08 Å². The van der Waals surface area contributed by atoms with E-state index in [-0.39, 0.29) is 17.4 Å². The van der Waals surface area contributed by atoms with Gasteiger partial charge in [0.05, 0.1) is 5.56 Å². The van der Waals surface area contributed by atoms with Gasteiger partial charge in [0.2, 0.25) is 5.78 Å². The standard InChI is InChI=1S/C24H19FN2O3/c1-15-23-18(13-27(14-29-23)12-17-6-8-26-9-7-17)11-20-22(28)21(30-24(15)20)10-16-2-4-19(25)5-3-16/h2-11H,12-14H2,1H3. The summed E-state index contributed by atoms with van der Waals surface area (Å²) in [5.74, 6) is 1.04. The number of fused-ring (bicyclic) bond motifs is 2. The first-order chi connectivity index (χ1) is 14.6. The number of Topliss-reactive ketones (excluding diaryl/α,β-unsaturated/α-hetero) is 1. The lowest BCUT2D eigenvalue weighted by Gasteiger charge is -2.30. The average molecular weight is 402 g/mol. The molecule has 2 aliphatic rings. The van der Waals surface area contributed by atoms with Gasteiger partial charge in [-0.15, -0.1) is 0 Å². The summed E-state index contributed by atoms with van der Waals surface area (Å²) in [4.78, 5) is 19.2. The highest BCUT2D eigenvalue weighted by Gasteiger charge is 2.33. The Kier molecular flexibility index (Phi) is 4.56. The molecule has 0 unspecified atom stereocenters. The number of aromatic nitrogens is 1. The summed E-state index contributed by atoms with van der Waals surface area (Å²) in [6.07, 6.45) is 5.18. The molecule has 3 aromatic rings. The smallest absolute Gasteiger partial charge is 0.231 e. The number of allylic oxidation sites excluding steroid dienone is 1. The minimum atomic E-state index is -0.323. The SMILES string of the molecule is Cc1c2c(cc3c1OC(=Cc1ccc(F)cc1)C3=O)CN(Cc1ccncc1)CO2. The van der Waals surface area contributed by atoms with Crippen molar-refractivity contribution in [1.29, 1.82) is 0 Å². The predicted octanol–water partition coefficient (Wildman–Crippen LogP) is 4.50. The van der Waals surface area contributed by atoms with Crippen molar-refractivity contribution in [3.63, 3.8) is 0 Å². The normalized spacial score (nSPS) is 16.7. The van der Waals surface area contributed by atoms with E-state index in [4.69, 9.17) is 9.47 Å². The van der Waals surface area contributed by atoms with Gasteiger partial charge in [-0.1, -0.05) is 12.1 Å². The van der Waals surface area contributed by atoms with Gasteiger partial charge in [0.15, 0.2) is 5.76 Å². The molecule has 0 radical (unpaired) electrons. The number of benzene rings is 2. The zero-order valence-electron chi connectivity index (χ0n) is 16.4. The molecule has 0 bridgehead atoms. The minimum absolute atomic E-state index is 0.175. The molecule has 3 heterocycles. The predicted molar refractivity (Wildman–Crippen MR) is 109 cm³/mol. The Morgan fingerprint density at radius 2 is 1.90 bits per heavy atom. The van der Waals surface area contributed by atoms with Gasteiger partial charge in [0, 0.05) is 36.6 Å². The van der Waals surface area contributed by atoms with Crippen molar-refractivity contribution >= 4 is 11.9 Å². The number of ether oxygens (including phenoxy) is 2. The van der Waals surface area contributed by atoms with Gasteiger partial charge in [-0.3, -0.25) is 14.7 Å². The summed E-state index contributed by atoms with van der Waals surface area (Å²) in [7, 11) is 0. The van der Waals surface area contributed by atoms with E-state index in [1.807, 2.05) is 25.1 Å². The minimum Gasteiger partial charge on any atom is -0.477 e. The Balaban J connectivity index is 1.43. The van der Waals surface area contributed by atoms with Crippen LogP contribution in [-0.2, 0) is 13.1 Å². The van der Waals surface area contributed by atoms with Crippen molar-refractivity contribution in [1.82, 2.24) is 9.88 Å². The molecule has 6 heteroatoms. The lowest BCUT2D eigenvalue weighted by molar-refractivity contribution is 0.0876. The first-order valence-electron chi connectivity index (χ1n) is 9.69. The summed E-state index contributed by atoms with van der Waals surface area (Å²) in [5, 5.41) is 0. The largest absolute Gasteiger partial charge is 0.477 e. The lowest BCUT2D eigenvalue weighted by atomic mass is 10.00. The van der Waals surface area contributed by atoms with Gasteiger partial charge < -0.3 is 9.47 Å². The van der Waals surface area contributed by atoms with Gasteiger partial charge in [0.1, 0.15) is 24.0 Å². The van der Waals surface area contributed by atoms with Crippen LogP contribution < -0.4 is 9.47 Å². The third kappa shape index (κ3) is 3.35. The molecule has 150 valence electrons. The van der Waals surface area contributed by atoms with E-state index in [2.05, 4.69) is 9.88 Å². The summed E-state index contributed by atoms with van der Waals surface area (Å²) < 4.78 is 25.1. The first kappa shape index (κ1) is 18.5. The Labute approximate surface area is 173 Å². The molecule has 0 saturated heterocycles. The van der Waals surface area contributed by atoms with Crippen LogP contribution in [0, 0.1) is 12.7 Å². The monoisotopic (exact) mass is 402 g/mol. The Morgan fingerprint density at radius 1 is 1.13 bits per heavy atom. The molecule has 5 rings (SSSR count). The van der Waals surface area contributed by atoms with Gasteiger partial charge in [0.25, 0.3) is 0 Å². The number of hydrogen-bond donors (Lipinski definition) is 0. The number of rotatable bonds is 3. The number of carbonyl (C=O) groups is 1. The third-order valence-corrected chi connectivity index (χ3v) is 5.33. The number of hydrogen-bond acceptors (Lipinski definition) is 5. The molecule has 0 fully saturated rings. The fraction of sp³-hybridized carbons (Fsp3) is 0.167. The summed E-state index contributed by atoms with van der Waals surface area (Å²) >= 11 is 0. The van der Waals surface area contributed by atoms with Crippen LogP contribution in [0.2, 0.25) is 0 Å². The van der Waals surface area contributed by atoms with Crippen LogP contribution in [0.5, 0.6) is 11.5 Å². The van der Waals surface area contributed by atoms with Crippen LogP contribution in [0.3, 0.4) is 0 Å². The number of nitrogens with zero attached hydrogens (tertiary/aromatic N) is 2. The van der Waals surface area contributed by atoms with E-state index in [9.17, 15) is 9.18 Å². The number of halogens is 1. The second-order valence-electron chi connectivity index (χ2n) is 7.47. The molecule has 2 aliphatic heterocycles. The van der Waals surface area contributed by atoms with Crippen molar-refractivity contribution < 1.29 is 18.7 Å². The van der Waals surface area contributed by atoms with Crippen molar-refractivity contribution in [3.8, 4) is 11.5 Å². The van der Waals surface area contributed by atoms with Crippen LogP contribution in [0.4, 0.5) is 4.39 Å². The summed E-state index contributed by atoms with van der Waals surface area (Å²) in [6.45, 7) is 3.78. The van der Waals surface area contributed by atoms with Crippen molar-refractivity contribution in [2.75, 3.05) is 6.73 Å². The van der Waals surface area contributed by atoms with Crippen LogP contribution >= 0.6 is 0 Å². The van der Waals surface area contributed by atoms with Gasteiger partial charge in [-0.05, 0) is 54.5 Å². The van der Waals surface area contributed by atoms with E-state index >= 15 is 0 Å². The fourth-order valence-corrected chi connectivity index (χ4v) is 3.85. The van der Waals surface area contributed by atoms with E-state index in [1.165, 1.54) is 12.1 Å². The summed E-state index contributed by atoms with van der Waals surface area (Å²) in [5.41, 5.74) is 4.18. The van der Waals surface area contributed by atoms with Gasteiger partial charge >= 0.3 is 0 Å². The van der Waals surface area contributed by atoms with Gasteiger partial charge in [-0.25, -0.2) is 4.39 Å². The molecular weight excluding hydrogens is 383 g/mol. The van der Waals surface area contributed by atoms with Crippen LogP contribution in [0.15, 0.2) is 60.6 Å². The Bertz CT molecular complexity index is 1160. The highest BCUT2D eigenvalue weighted by atomic mass is 19.1. The maximum Gasteiger partial charge on any atom is 0.231 e. The molecular formula is C24H19FN2O3. The second kappa shape index (κ2) is 7.39. The molecule has 2 aromatic carbocycles. The first-order valence-corrected chi connectivity index (χ1v) is 9.69. The molecule has 0 aliphatic carbocycles. The van der Waals surface area contributed by atoms with Crippen molar-refractivity contribution in [2.24, 2.45) is 0 Å². The average Bonchev–Trinajstić information content (AvgIpc) is 3.06. The zero-order valence-corrected chi connectivity index (χ0v) is 16.4. The topological polar surface area (TPSA) is 51.7 Å². The number of pyridine rings is 1. The highest BCUT2D eigenvalue weighted by Crippen LogP contribution is 2.43. The quantitative estimate of drug-likeness (QED) is 0.604. The Morgan fingerprint density at radius 3 is 2.67 bits per heavy atom. The Hall–Kier alpha value is -3.51.